The highest BCUT2D eigenvalue weighted by molar-refractivity contribution is 5.36. The van der Waals surface area contributed by atoms with Crippen molar-refractivity contribution in [2.24, 2.45) is 10.9 Å². The zero-order valence-electron chi connectivity index (χ0n) is 7.09. The molecule has 0 atom stereocenters. The molecule has 1 nitrogen and oxygen atoms in total. The Morgan fingerprint density at radius 2 is 2.18 bits per heavy atom. The molecule has 0 N–H and O–H groups in total. The second-order valence-corrected chi connectivity index (χ2v) is 2.45. The summed E-state index contributed by atoms with van der Waals surface area (Å²) in [6, 6.07) is 0. The van der Waals surface area contributed by atoms with Crippen LogP contribution >= 0.6 is 0 Å². The van der Waals surface area contributed by atoms with E-state index in [1.807, 2.05) is 13.8 Å². The molecule has 1 heteroatoms. The Bertz CT molecular complexity index is 223. The Morgan fingerprint density at radius 3 is 2.64 bits per heavy atom. The summed E-state index contributed by atoms with van der Waals surface area (Å²) in [6.45, 7) is 11.1. The van der Waals surface area contributed by atoms with Gasteiger partial charge in [0.15, 0.2) is 0 Å². The van der Waals surface area contributed by atoms with Gasteiger partial charge in [0.25, 0.3) is 0 Å². The van der Waals surface area contributed by atoms with Crippen LogP contribution in [0, 0.1) is 17.8 Å². The van der Waals surface area contributed by atoms with Crippen LogP contribution in [0.3, 0.4) is 0 Å². The van der Waals surface area contributed by atoms with Crippen LogP contribution in [0.5, 0.6) is 0 Å². The molecule has 0 spiro atoms. The number of aliphatic imine (C=N–C) groups is 1. The van der Waals surface area contributed by atoms with Crippen LogP contribution in [-0.4, -0.2) is 6.72 Å². The largest absolute Gasteiger partial charge is 0.272 e. The van der Waals surface area contributed by atoms with E-state index in [1.54, 1.807) is 12.3 Å². The monoisotopic (exact) mass is 147 g/mol. The molecule has 0 rings (SSSR count). The molecule has 0 saturated carbocycles. The van der Waals surface area contributed by atoms with Gasteiger partial charge in [-0.15, -0.1) is 0 Å². The first-order chi connectivity index (χ1) is 5.16. The van der Waals surface area contributed by atoms with Gasteiger partial charge in [-0.25, -0.2) is 0 Å². The molecule has 0 unspecified atom stereocenters. The highest BCUT2D eigenvalue weighted by Crippen LogP contribution is 1.92. The van der Waals surface area contributed by atoms with Gasteiger partial charge in [-0.05, 0) is 12.8 Å². The topological polar surface area (TPSA) is 12.4 Å². The normalized spacial score (nSPS) is 9.36. The van der Waals surface area contributed by atoms with Crippen molar-refractivity contribution in [3.05, 3.63) is 24.4 Å². The van der Waals surface area contributed by atoms with Gasteiger partial charge in [0.2, 0.25) is 0 Å². The average molecular weight is 147 g/mol. The van der Waals surface area contributed by atoms with Crippen molar-refractivity contribution in [3.63, 3.8) is 0 Å². The molecule has 0 bridgehead atoms. The minimum absolute atomic E-state index is 0.386. The number of allylic oxidation sites excluding steroid dienone is 2. The molecule has 0 aliphatic rings. The fourth-order valence-corrected chi connectivity index (χ4v) is 0.421. The summed E-state index contributed by atoms with van der Waals surface area (Å²) >= 11 is 0. The molecule has 0 saturated heterocycles. The number of hydrogen-bond acceptors (Lipinski definition) is 1. The minimum atomic E-state index is 0.386. The summed E-state index contributed by atoms with van der Waals surface area (Å²) in [7, 11) is 0. The van der Waals surface area contributed by atoms with Crippen molar-refractivity contribution in [1.82, 2.24) is 0 Å². The summed E-state index contributed by atoms with van der Waals surface area (Å²) < 4.78 is 0. The van der Waals surface area contributed by atoms with E-state index in [2.05, 4.69) is 30.1 Å². The van der Waals surface area contributed by atoms with Gasteiger partial charge in [0.05, 0.1) is 0 Å². The molecule has 58 valence electrons. The van der Waals surface area contributed by atoms with Crippen molar-refractivity contribution in [1.29, 1.82) is 0 Å². The minimum Gasteiger partial charge on any atom is -0.272 e. The van der Waals surface area contributed by atoms with Gasteiger partial charge in [0, 0.05) is 17.7 Å². The van der Waals surface area contributed by atoms with E-state index in [4.69, 9.17) is 0 Å². The predicted octanol–water partition coefficient (Wildman–Crippen LogP) is 2.42. The van der Waals surface area contributed by atoms with Crippen molar-refractivity contribution < 1.29 is 0 Å². The van der Waals surface area contributed by atoms with Crippen molar-refractivity contribution in [2.75, 3.05) is 0 Å². The molecule has 0 radical (unpaired) electrons. The summed E-state index contributed by atoms with van der Waals surface area (Å²) in [5.41, 5.74) is 0.770. The summed E-state index contributed by atoms with van der Waals surface area (Å²) in [5, 5.41) is 0. The molecule has 0 aromatic heterocycles. The zero-order valence-corrected chi connectivity index (χ0v) is 7.09. The third kappa shape index (κ3) is 6.60. The quantitative estimate of drug-likeness (QED) is 0.323. The van der Waals surface area contributed by atoms with Crippen LogP contribution in [0.4, 0.5) is 0 Å². The van der Waals surface area contributed by atoms with E-state index in [0.717, 1.165) is 5.57 Å². The summed E-state index contributed by atoms with van der Waals surface area (Å²) in [6.07, 6.45) is 3.32. The van der Waals surface area contributed by atoms with Crippen molar-refractivity contribution in [3.8, 4) is 11.8 Å². The first-order valence-electron chi connectivity index (χ1n) is 3.49. The van der Waals surface area contributed by atoms with Gasteiger partial charge in [-0.1, -0.05) is 32.3 Å². The van der Waals surface area contributed by atoms with E-state index >= 15 is 0 Å². The van der Waals surface area contributed by atoms with Gasteiger partial charge < -0.3 is 0 Å². The van der Waals surface area contributed by atoms with E-state index in [9.17, 15) is 0 Å². The Hall–Kier alpha value is -1.29. The van der Waals surface area contributed by atoms with Crippen LogP contribution in [0.15, 0.2) is 29.4 Å². The standard InChI is InChI=1S/C10H13N/c1-9(2)5-6-10(3)7-8-11-4/h7-9H,3-4H2,1-2H3/b8-7-. The van der Waals surface area contributed by atoms with Crippen LogP contribution in [0.1, 0.15) is 13.8 Å². The van der Waals surface area contributed by atoms with Gasteiger partial charge in [0.1, 0.15) is 0 Å². The maximum atomic E-state index is 3.72. The number of hydrogen-bond donors (Lipinski definition) is 0. The van der Waals surface area contributed by atoms with Crippen LogP contribution in [-0.2, 0) is 0 Å². The molecule has 0 fully saturated rings. The third-order valence-electron chi connectivity index (χ3n) is 0.903. The average Bonchev–Trinajstić information content (AvgIpc) is 1.97. The first kappa shape index (κ1) is 9.71. The summed E-state index contributed by atoms with van der Waals surface area (Å²) in [5.74, 6) is 6.28. The highest BCUT2D eigenvalue weighted by atomic mass is 14.6. The molecule has 0 aromatic carbocycles. The molecule has 0 amide bonds. The SMILES string of the molecule is C=N/C=C\C(=C)C#CC(C)C. The maximum absolute atomic E-state index is 3.72. The van der Waals surface area contributed by atoms with Crippen LogP contribution in [0.2, 0.25) is 0 Å². The zero-order chi connectivity index (χ0) is 8.69. The molecular formula is C10H13N. The molecule has 0 aliphatic carbocycles. The highest BCUT2D eigenvalue weighted by Gasteiger charge is 1.81. The third-order valence-corrected chi connectivity index (χ3v) is 0.903. The lowest BCUT2D eigenvalue weighted by atomic mass is 10.2. The smallest absolute Gasteiger partial charge is 0.0272 e. The number of nitrogens with zero attached hydrogens (tertiary/aromatic N) is 1. The molecule has 0 aromatic rings. The fourth-order valence-electron chi connectivity index (χ4n) is 0.421. The first-order valence-corrected chi connectivity index (χ1v) is 3.49. The Balaban J connectivity index is 4.00. The Morgan fingerprint density at radius 1 is 1.55 bits per heavy atom. The van der Waals surface area contributed by atoms with Crippen LogP contribution in [0.25, 0.3) is 0 Å². The lowest BCUT2D eigenvalue weighted by Gasteiger charge is -1.87. The fraction of sp³-hybridized carbons (Fsp3) is 0.300. The van der Waals surface area contributed by atoms with Gasteiger partial charge in [-0.3, -0.25) is 4.99 Å². The Labute approximate surface area is 68.5 Å². The van der Waals surface area contributed by atoms with Gasteiger partial charge in [-0.2, -0.15) is 0 Å². The van der Waals surface area contributed by atoms with E-state index < -0.39 is 0 Å². The van der Waals surface area contributed by atoms with Crippen molar-refractivity contribution >= 4 is 6.72 Å². The lowest BCUT2D eigenvalue weighted by molar-refractivity contribution is 0.866. The predicted molar refractivity (Wildman–Crippen MR) is 50.4 cm³/mol. The molecular weight excluding hydrogens is 134 g/mol. The Kier molecular flexibility index (Phi) is 4.85. The van der Waals surface area contributed by atoms with Gasteiger partial charge >= 0.3 is 0 Å². The second kappa shape index (κ2) is 5.49. The molecule has 0 aliphatic heterocycles. The second-order valence-electron chi connectivity index (χ2n) is 2.45. The van der Waals surface area contributed by atoms with E-state index in [1.165, 1.54) is 0 Å². The number of rotatable bonds is 2. The van der Waals surface area contributed by atoms with Crippen LogP contribution < -0.4 is 0 Å². The van der Waals surface area contributed by atoms with E-state index in [-0.39, 0.29) is 0 Å². The van der Waals surface area contributed by atoms with Crippen molar-refractivity contribution in [2.45, 2.75) is 13.8 Å². The van der Waals surface area contributed by atoms with E-state index in [0.29, 0.717) is 5.92 Å². The lowest BCUT2D eigenvalue weighted by Crippen LogP contribution is -1.77. The molecule has 0 heterocycles. The maximum Gasteiger partial charge on any atom is 0.0272 e. The molecule has 11 heavy (non-hydrogen) atoms. The summed E-state index contributed by atoms with van der Waals surface area (Å²) in [4.78, 5) is 3.54.